The molecule has 0 unspecified atom stereocenters. The average molecular weight is 139 g/mol. The third-order valence-electron chi connectivity index (χ3n) is 0.841. The third-order valence-corrected chi connectivity index (χ3v) is 1.66. The van der Waals surface area contributed by atoms with Gasteiger partial charge in [0.25, 0.3) is 0 Å². The van der Waals surface area contributed by atoms with Gasteiger partial charge >= 0.3 is 0 Å². The molecule has 0 fully saturated rings. The Kier molecular flexibility index (Phi) is 1.85. The van der Waals surface area contributed by atoms with Crippen molar-refractivity contribution in [3.8, 4) is 0 Å². The Labute approximate surface area is 57.8 Å². The molecule has 3 heteroatoms. The first-order chi connectivity index (χ1) is 4.29. The van der Waals surface area contributed by atoms with Gasteiger partial charge in [-0.2, -0.15) is 0 Å². The fourth-order valence-corrected chi connectivity index (χ4v) is 1.19. The predicted molar refractivity (Wildman–Crippen MR) is 39.6 cm³/mol. The van der Waals surface area contributed by atoms with E-state index in [1.807, 2.05) is 17.5 Å². The molecule has 0 aliphatic carbocycles. The van der Waals surface area contributed by atoms with Crippen LogP contribution in [-0.2, 0) is 0 Å². The van der Waals surface area contributed by atoms with Gasteiger partial charge in [-0.25, -0.2) is 0 Å². The molecular formula is C6H7N2S. The summed E-state index contributed by atoms with van der Waals surface area (Å²) in [5, 5.41) is 8.85. The van der Waals surface area contributed by atoms with Gasteiger partial charge in [-0.05, 0) is 11.4 Å². The maximum absolute atomic E-state index is 6.90. The van der Waals surface area contributed by atoms with Crippen molar-refractivity contribution >= 4 is 17.2 Å². The highest BCUT2D eigenvalue weighted by molar-refractivity contribution is 7.10. The van der Waals surface area contributed by atoms with Crippen LogP contribution in [0.15, 0.2) is 17.5 Å². The van der Waals surface area contributed by atoms with Crippen molar-refractivity contribution in [2.24, 2.45) is 5.73 Å². The molecule has 0 saturated heterocycles. The van der Waals surface area contributed by atoms with E-state index in [0.29, 0.717) is 0 Å². The Morgan fingerprint density at radius 1 is 1.78 bits per heavy atom. The smallest absolute Gasteiger partial charge is 0.100 e. The number of thiophene rings is 1. The number of hydrogen-bond donors (Lipinski definition) is 2. The molecule has 1 aromatic heterocycles. The van der Waals surface area contributed by atoms with Crippen LogP contribution in [0, 0.1) is 11.8 Å². The molecule has 1 heterocycles. The number of hydrogen-bond acceptors (Lipinski definition) is 2. The van der Waals surface area contributed by atoms with Crippen molar-refractivity contribution in [1.29, 1.82) is 5.41 Å². The largest absolute Gasteiger partial charge is 0.387 e. The molecule has 0 aliphatic heterocycles. The molecule has 0 saturated carbocycles. The first kappa shape index (κ1) is 6.29. The van der Waals surface area contributed by atoms with Gasteiger partial charge in [0, 0.05) is 4.88 Å². The number of nitrogens with one attached hydrogen (secondary N) is 1. The van der Waals surface area contributed by atoms with Crippen molar-refractivity contribution < 1.29 is 0 Å². The summed E-state index contributed by atoms with van der Waals surface area (Å²) in [5.41, 5.74) is 5.12. The topological polar surface area (TPSA) is 49.9 Å². The van der Waals surface area contributed by atoms with E-state index in [0.717, 1.165) is 4.88 Å². The van der Waals surface area contributed by atoms with E-state index in [2.05, 4.69) is 0 Å². The first-order valence-corrected chi connectivity index (χ1v) is 3.39. The van der Waals surface area contributed by atoms with Gasteiger partial charge in [-0.1, -0.05) is 6.07 Å². The lowest BCUT2D eigenvalue weighted by Gasteiger charge is -1.89. The Balaban J connectivity index is 2.58. The molecule has 1 rings (SSSR count). The molecule has 0 spiro atoms. The fraction of sp³-hybridized carbons (Fsp3) is 0. The van der Waals surface area contributed by atoms with Gasteiger partial charge in [0.15, 0.2) is 0 Å². The Morgan fingerprint density at radius 3 is 3.00 bits per heavy atom. The van der Waals surface area contributed by atoms with Crippen LogP contribution in [-0.4, -0.2) is 5.84 Å². The molecule has 1 aromatic rings. The van der Waals surface area contributed by atoms with Crippen LogP contribution >= 0.6 is 11.3 Å². The van der Waals surface area contributed by atoms with Crippen molar-refractivity contribution in [3.63, 3.8) is 0 Å². The zero-order valence-electron chi connectivity index (χ0n) is 4.79. The SMILES string of the molecule is N=C(N)[CH]c1cccs1. The first-order valence-electron chi connectivity index (χ1n) is 2.51. The number of amidine groups is 1. The second kappa shape index (κ2) is 2.64. The lowest BCUT2D eigenvalue weighted by molar-refractivity contribution is 1.43. The van der Waals surface area contributed by atoms with Gasteiger partial charge in [0.1, 0.15) is 5.84 Å². The monoisotopic (exact) mass is 139 g/mol. The van der Waals surface area contributed by atoms with Crippen LogP contribution in [0.1, 0.15) is 4.88 Å². The van der Waals surface area contributed by atoms with Gasteiger partial charge in [-0.15, -0.1) is 11.3 Å². The Morgan fingerprint density at radius 2 is 2.56 bits per heavy atom. The standard InChI is InChI=1S/C6H7N2S/c7-6(8)4-5-2-1-3-9-5/h1-4H,(H3,7,8). The van der Waals surface area contributed by atoms with Gasteiger partial charge < -0.3 is 5.73 Å². The summed E-state index contributed by atoms with van der Waals surface area (Å²) in [7, 11) is 0. The molecule has 0 aliphatic rings. The van der Waals surface area contributed by atoms with E-state index in [-0.39, 0.29) is 5.84 Å². The average Bonchev–Trinajstić information content (AvgIpc) is 2.15. The Bertz CT molecular complexity index is 191. The molecule has 0 amide bonds. The number of nitrogens with two attached hydrogens (primary N) is 1. The second-order valence-electron chi connectivity index (χ2n) is 1.62. The van der Waals surface area contributed by atoms with Gasteiger partial charge in [0.05, 0.1) is 6.42 Å². The zero-order valence-corrected chi connectivity index (χ0v) is 5.61. The van der Waals surface area contributed by atoms with E-state index < -0.39 is 0 Å². The quantitative estimate of drug-likeness (QED) is 0.470. The van der Waals surface area contributed by atoms with Gasteiger partial charge in [-0.3, -0.25) is 5.41 Å². The molecule has 0 bridgehead atoms. The summed E-state index contributed by atoms with van der Waals surface area (Å²) in [6.45, 7) is 0. The molecule has 0 aromatic carbocycles. The molecule has 2 nitrogen and oxygen atoms in total. The summed E-state index contributed by atoms with van der Waals surface area (Å²) < 4.78 is 0. The molecule has 1 radical (unpaired) electrons. The van der Waals surface area contributed by atoms with Crippen LogP contribution < -0.4 is 5.73 Å². The normalized spacial score (nSPS) is 9.33. The van der Waals surface area contributed by atoms with Crippen molar-refractivity contribution in [1.82, 2.24) is 0 Å². The Hall–Kier alpha value is -0.830. The van der Waals surface area contributed by atoms with E-state index in [9.17, 15) is 0 Å². The minimum absolute atomic E-state index is 0.109. The van der Waals surface area contributed by atoms with Crippen LogP contribution in [0.25, 0.3) is 0 Å². The molecule has 3 N–H and O–H groups in total. The predicted octanol–water partition coefficient (Wildman–Crippen LogP) is 1.24. The lowest BCUT2D eigenvalue weighted by Crippen LogP contribution is -2.09. The van der Waals surface area contributed by atoms with E-state index in [1.165, 1.54) is 0 Å². The van der Waals surface area contributed by atoms with Crippen molar-refractivity contribution in [3.05, 3.63) is 28.8 Å². The highest BCUT2D eigenvalue weighted by Crippen LogP contribution is 2.09. The molecule has 9 heavy (non-hydrogen) atoms. The zero-order chi connectivity index (χ0) is 6.69. The molecular weight excluding hydrogens is 132 g/mol. The van der Waals surface area contributed by atoms with E-state index in [4.69, 9.17) is 11.1 Å². The van der Waals surface area contributed by atoms with Crippen LogP contribution in [0.2, 0.25) is 0 Å². The summed E-state index contributed by atoms with van der Waals surface area (Å²) in [6, 6.07) is 3.85. The molecule has 0 atom stereocenters. The maximum atomic E-state index is 6.90. The molecule has 47 valence electrons. The van der Waals surface area contributed by atoms with E-state index >= 15 is 0 Å². The summed E-state index contributed by atoms with van der Waals surface area (Å²) in [6.07, 6.45) is 1.63. The minimum Gasteiger partial charge on any atom is -0.387 e. The third kappa shape index (κ3) is 1.85. The van der Waals surface area contributed by atoms with Crippen LogP contribution in [0.4, 0.5) is 0 Å². The summed E-state index contributed by atoms with van der Waals surface area (Å²) in [5.74, 6) is 0.109. The number of rotatable bonds is 2. The fourth-order valence-electron chi connectivity index (χ4n) is 0.527. The maximum Gasteiger partial charge on any atom is 0.100 e. The highest BCUT2D eigenvalue weighted by Gasteiger charge is 1.93. The van der Waals surface area contributed by atoms with Crippen LogP contribution in [0.5, 0.6) is 0 Å². The van der Waals surface area contributed by atoms with Crippen molar-refractivity contribution in [2.45, 2.75) is 0 Å². The van der Waals surface area contributed by atoms with Crippen molar-refractivity contribution in [2.75, 3.05) is 0 Å². The lowest BCUT2D eigenvalue weighted by atomic mass is 10.3. The summed E-state index contributed by atoms with van der Waals surface area (Å²) in [4.78, 5) is 1.03. The van der Waals surface area contributed by atoms with Gasteiger partial charge in [0.2, 0.25) is 0 Å². The highest BCUT2D eigenvalue weighted by atomic mass is 32.1. The van der Waals surface area contributed by atoms with E-state index in [1.54, 1.807) is 17.8 Å². The summed E-state index contributed by atoms with van der Waals surface area (Å²) >= 11 is 1.57. The van der Waals surface area contributed by atoms with Crippen LogP contribution in [0.3, 0.4) is 0 Å². The second-order valence-corrected chi connectivity index (χ2v) is 2.59. The minimum atomic E-state index is 0.109.